The van der Waals surface area contributed by atoms with Gasteiger partial charge in [-0.1, -0.05) is 31.5 Å². The number of para-hydroxylation sites is 1. The molecule has 0 heterocycles. The van der Waals surface area contributed by atoms with Crippen molar-refractivity contribution in [1.29, 1.82) is 0 Å². The lowest BCUT2D eigenvalue weighted by atomic mass is 10.1. The minimum absolute atomic E-state index is 0.0994. The first-order chi connectivity index (χ1) is 14.3. The van der Waals surface area contributed by atoms with Crippen LogP contribution in [0.3, 0.4) is 0 Å². The highest BCUT2D eigenvalue weighted by Crippen LogP contribution is 2.34. The number of nitrogens with one attached hydrogen (secondary N) is 2. The lowest BCUT2D eigenvalue weighted by Crippen LogP contribution is -2.28. The van der Waals surface area contributed by atoms with E-state index in [9.17, 15) is 18.0 Å². The Morgan fingerprint density at radius 1 is 1.13 bits per heavy atom. The second-order valence-electron chi connectivity index (χ2n) is 6.38. The fourth-order valence-corrected chi connectivity index (χ4v) is 2.58. The first kappa shape index (κ1) is 23.1. The molecule has 162 valence electrons. The van der Waals surface area contributed by atoms with Crippen LogP contribution in [0.15, 0.2) is 48.5 Å². The minimum atomic E-state index is -4.47. The monoisotopic (exact) mass is 422 g/mol. The lowest BCUT2D eigenvalue weighted by Gasteiger charge is -2.14. The Labute approximate surface area is 173 Å². The number of carbonyl (C=O) groups is 1. The van der Waals surface area contributed by atoms with Gasteiger partial charge in [0.05, 0.1) is 25.9 Å². The molecule has 0 saturated carbocycles. The topological polar surface area (TPSA) is 59.6 Å². The predicted molar refractivity (Wildman–Crippen MR) is 111 cm³/mol. The number of unbranched alkanes of at least 4 members (excludes halogenated alkanes) is 1. The zero-order chi connectivity index (χ0) is 22.0. The molecule has 0 bridgehead atoms. The molecule has 0 unspecified atom stereocenters. The Bertz CT molecular complexity index is 867. The molecule has 0 aliphatic heterocycles. The molecule has 5 nitrogen and oxygen atoms in total. The number of benzene rings is 2. The van der Waals surface area contributed by atoms with Gasteiger partial charge in [0.25, 0.3) is 0 Å². The maximum atomic E-state index is 13.0. The molecular weight excluding hydrogens is 397 g/mol. The molecule has 0 aromatic heterocycles. The molecule has 0 atom stereocenters. The van der Waals surface area contributed by atoms with Crippen molar-refractivity contribution in [3.05, 3.63) is 59.7 Å². The highest BCUT2D eigenvalue weighted by molar-refractivity contribution is 5.91. The number of carbonyl (C=O) groups excluding carboxylic acids is 1. The first-order valence-electron chi connectivity index (χ1n) is 9.52. The Hall–Kier alpha value is -3.16. The van der Waals surface area contributed by atoms with Gasteiger partial charge in [0.2, 0.25) is 5.91 Å². The number of hydrogen-bond acceptors (Lipinski definition) is 4. The number of ether oxygens (including phenoxy) is 2. The van der Waals surface area contributed by atoms with E-state index in [0.717, 1.165) is 24.5 Å². The number of alkyl halides is 3. The van der Waals surface area contributed by atoms with Gasteiger partial charge in [-0.15, -0.1) is 0 Å². The van der Waals surface area contributed by atoms with E-state index in [-0.39, 0.29) is 12.4 Å². The van der Waals surface area contributed by atoms with E-state index < -0.39 is 17.6 Å². The minimum Gasteiger partial charge on any atom is -0.493 e. The molecular formula is C22H25F3N2O3. The quantitative estimate of drug-likeness (QED) is 0.318. The Balaban J connectivity index is 1.91. The number of hydrogen-bond donors (Lipinski definition) is 2. The van der Waals surface area contributed by atoms with Crippen LogP contribution in [-0.2, 0) is 11.0 Å². The van der Waals surface area contributed by atoms with Gasteiger partial charge in [-0.25, -0.2) is 0 Å². The SMILES string of the molecule is CCCCOc1ccc(C=CC(=O)NCNc2ccccc2C(F)(F)F)cc1OC. The summed E-state index contributed by atoms with van der Waals surface area (Å²) in [4.78, 5) is 12.0. The van der Waals surface area contributed by atoms with E-state index in [0.29, 0.717) is 18.1 Å². The van der Waals surface area contributed by atoms with Crippen molar-refractivity contribution >= 4 is 17.7 Å². The second kappa shape index (κ2) is 11.1. The van der Waals surface area contributed by atoms with Gasteiger partial charge in [0.15, 0.2) is 11.5 Å². The number of halogens is 3. The highest BCUT2D eigenvalue weighted by Gasteiger charge is 2.32. The summed E-state index contributed by atoms with van der Waals surface area (Å²) in [5, 5.41) is 5.07. The van der Waals surface area contributed by atoms with Crippen LogP contribution in [0.4, 0.5) is 18.9 Å². The van der Waals surface area contributed by atoms with Crippen molar-refractivity contribution in [1.82, 2.24) is 5.32 Å². The molecule has 1 amide bonds. The molecule has 0 fully saturated rings. The largest absolute Gasteiger partial charge is 0.493 e. The van der Waals surface area contributed by atoms with Gasteiger partial charge >= 0.3 is 6.18 Å². The Morgan fingerprint density at radius 3 is 2.60 bits per heavy atom. The molecule has 0 radical (unpaired) electrons. The van der Waals surface area contributed by atoms with Crippen LogP contribution in [0.2, 0.25) is 0 Å². The van der Waals surface area contributed by atoms with Crippen LogP contribution in [0.1, 0.15) is 30.9 Å². The van der Waals surface area contributed by atoms with Crippen LogP contribution in [0.25, 0.3) is 6.08 Å². The molecule has 0 aliphatic carbocycles. The summed E-state index contributed by atoms with van der Waals surface area (Å²) in [5.41, 5.74) is -0.166. The van der Waals surface area contributed by atoms with Gasteiger partial charge in [-0.2, -0.15) is 13.2 Å². The molecule has 0 saturated heterocycles. The zero-order valence-corrected chi connectivity index (χ0v) is 16.9. The van der Waals surface area contributed by atoms with Crippen molar-refractivity contribution in [2.75, 3.05) is 25.7 Å². The molecule has 0 spiro atoms. The van der Waals surface area contributed by atoms with E-state index in [1.165, 1.54) is 31.4 Å². The molecule has 2 N–H and O–H groups in total. The van der Waals surface area contributed by atoms with Crippen LogP contribution < -0.4 is 20.1 Å². The molecule has 2 rings (SSSR count). The zero-order valence-electron chi connectivity index (χ0n) is 16.9. The first-order valence-corrected chi connectivity index (χ1v) is 9.52. The number of amides is 1. The third-order valence-corrected chi connectivity index (χ3v) is 4.14. The fourth-order valence-electron chi connectivity index (χ4n) is 2.58. The van der Waals surface area contributed by atoms with Gasteiger partial charge < -0.3 is 20.1 Å². The fraction of sp³-hybridized carbons (Fsp3) is 0.318. The molecule has 8 heteroatoms. The lowest BCUT2D eigenvalue weighted by molar-refractivity contribution is -0.137. The third kappa shape index (κ3) is 7.02. The average Bonchev–Trinajstić information content (AvgIpc) is 2.72. The summed E-state index contributed by atoms with van der Waals surface area (Å²) in [7, 11) is 1.53. The predicted octanol–water partition coefficient (Wildman–Crippen LogP) is 5.09. The van der Waals surface area contributed by atoms with Gasteiger partial charge in [-0.3, -0.25) is 4.79 Å². The molecule has 2 aromatic rings. The maximum absolute atomic E-state index is 13.0. The normalized spacial score (nSPS) is 11.4. The number of anilines is 1. The second-order valence-corrected chi connectivity index (χ2v) is 6.38. The summed E-state index contributed by atoms with van der Waals surface area (Å²) >= 11 is 0. The van der Waals surface area contributed by atoms with Crippen molar-refractivity contribution in [3.8, 4) is 11.5 Å². The number of methoxy groups -OCH3 is 1. The van der Waals surface area contributed by atoms with E-state index >= 15 is 0 Å². The van der Waals surface area contributed by atoms with Crippen LogP contribution in [0, 0.1) is 0 Å². The number of rotatable bonds is 10. The molecule has 2 aromatic carbocycles. The van der Waals surface area contributed by atoms with Crippen LogP contribution in [0.5, 0.6) is 11.5 Å². The van der Waals surface area contributed by atoms with E-state index in [1.54, 1.807) is 24.3 Å². The summed E-state index contributed by atoms with van der Waals surface area (Å²) < 4.78 is 49.9. The van der Waals surface area contributed by atoms with E-state index in [4.69, 9.17) is 9.47 Å². The van der Waals surface area contributed by atoms with E-state index in [2.05, 4.69) is 17.6 Å². The third-order valence-electron chi connectivity index (χ3n) is 4.14. The summed E-state index contributed by atoms with van der Waals surface area (Å²) in [6.07, 6.45) is 0.363. The van der Waals surface area contributed by atoms with Crippen molar-refractivity contribution < 1.29 is 27.4 Å². The average molecular weight is 422 g/mol. The maximum Gasteiger partial charge on any atom is 0.418 e. The summed E-state index contributed by atoms with van der Waals surface area (Å²) in [6.45, 7) is 2.52. The molecule has 30 heavy (non-hydrogen) atoms. The smallest absolute Gasteiger partial charge is 0.418 e. The van der Waals surface area contributed by atoms with Crippen molar-refractivity contribution in [2.24, 2.45) is 0 Å². The summed E-state index contributed by atoms with van der Waals surface area (Å²) in [5.74, 6) is 0.730. The Morgan fingerprint density at radius 2 is 1.90 bits per heavy atom. The summed E-state index contributed by atoms with van der Waals surface area (Å²) in [6, 6.07) is 10.4. The van der Waals surface area contributed by atoms with Gasteiger partial charge in [-0.05, 0) is 42.3 Å². The van der Waals surface area contributed by atoms with Gasteiger partial charge in [0, 0.05) is 11.8 Å². The van der Waals surface area contributed by atoms with Crippen LogP contribution in [-0.4, -0.2) is 26.3 Å². The highest BCUT2D eigenvalue weighted by atomic mass is 19.4. The van der Waals surface area contributed by atoms with Crippen molar-refractivity contribution in [3.63, 3.8) is 0 Å². The molecule has 0 aliphatic rings. The van der Waals surface area contributed by atoms with E-state index in [1.807, 2.05) is 0 Å². The Kier molecular flexibility index (Phi) is 8.58. The standard InChI is InChI=1S/C22H25F3N2O3/c1-3-4-13-30-19-11-9-16(14-20(19)29-2)10-12-21(28)27-15-26-18-8-6-5-7-17(18)22(23,24)25/h5-12,14,26H,3-4,13,15H2,1-2H3,(H,27,28). The van der Waals surface area contributed by atoms with Crippen LogP contribution >= 0.6 is 0 Å². The van der Waals surface area contributed by atoms with Crippen molar-refractivity contribution in [2.45, 2.75) is 25.9 Å². The van der Waals surface area contributed by atoms with Gasteiger partial charge in [0.1, 0.15) is 0 Å².